The predicted octanol–water partition coefficient (Wildman–Crippen LogP) is 4.14. The second-order valence-corrected chi connectivity index (χ2v) is 8.33. The van der Waals surface area contributed by atoms with Gasteiger partial charge in [-0.2, -0.15) is 19.7 Å². The zero-order valence-corrected chi connectivity index (χ0v) is 18.9. The number of carbonyl (C=O) groups excluding carboxylic acids is 1. The minimum Gasteiger partial charge on any atom is -0.447 e. The van der Waals surface area contributed by atoms with E-state index in [-0.39, 0.29) is 46.7 Å². The number of hydrogen-bond donors (Lipinski definition) is 1. The van der Waals surface area contributed by atoms with Crippen molar-refractivity contribution in [3.05, 3.63) is 47.9 Å². The second kappa shape index (κ2) is 9.82. The Morgan fingerprint density at radius 2 is 1.94 bits per heavy atom. The summed E-state index contributed by atoms with van der Waals surface area (Å²) in [7, 11) is 0. The van der Waals surface area contributed by atoms with Crippen molar-refractivity contribution < 1.29 is 22.7 Å². The summed E-state index contributed by atoms with van der Waals surface area (Å²) in [5.41, 5.74) is 0.414. The summed E-state index contributed by atoms with van der Waals surface area (Å²) in [6.45, 7) is 2.64. The van der Waals surface area contributed by atoms with Gasteiger partial charge in [0.15, 0.2) is 5.69 Å². The highest BCUT2D eigenvalue weighted by molar-refractivity contribution is 6.04. The second-order valence-electron chi connectivity index (χ2n) is 8.33. The van der Waals surface area contributed by atoms with Crippen LogP contribution in [0.1, 0.15) is 60.9 Å². The average Bonchev–Trinajstić information content (AvgIpc) is 3.59. The molecule has 1 aliphatic carbocycles. The van der Waals surface area contributed by atoms with Gasteiger partial charge >= 0.3 is 0 Å². The molecule has 5 rings (SSSR count). The Morgan fingerprint density at radius 1 is 1.17 bits per heavy atom. The lowest BCUT2D eigenvalue weighted by molar-refractivity contribution is 0.0260. The van der Waals surface area contributed by atoms with Crippen molar-refractivity contribution in [3.63, 3.8) is 0 Å². The van der Waals surface area contributed by atoms with E-state index in [2.05, 4.69) is 30.6 Å². The van der Waals surface area contributed by atoms with Gasteiger partial charge in [0, 0.05) is 37.4 Å². The topological polar surface area (TPSA) is 120 Å². The Kier molecular flexibility index (Phi) is 6.45. The molecule has 1 aliphatic heterocycles. The Hall–Kier alpha value is -3.80. The van der Waals surface area contributed by atoms with Gasteiger partial charge < -0.3 is 14.5 Å². The predicted molar refractivity (Wildman–Crippen MR) is 122 cm³/mol. The summed E-state index contributed by atoms with van der Waals surface area (Å²) >= 11 is 0. The maximum absolute atomic E-state index is 13.9. The molecule has 182 valence electrons. The molecule has 0 radical (unpaired) electrons. The van der Waals surface area contributed by atoms with E-state index in [4.69, 9.17) is 9.15 Å². The van der Waals surface area contributed by atoms with E-state index in [1.807, 2.05) is 6.92 Å². The summed E-state index contributed by atoms with van der Waals surface area (Å²) in [6.07, 6.45) is 9.56. The van der Waals surface area contributed by atoms with Crippen molar-refractivity contribution in [2.75, 3.05) is 11.9 Å². The molecule has 0 atom stereocenters. The van der Waals surface area contributed by atoms with Crippen LogP contribution in [0, 0.1) is 11.8 Å². The molecule has 2 aliphatic rings. The van der Waals surface area contributed by atoms with Crippen LogP contribution in [-0.4, -0.2) is 50.8 Å². The molecule has 3 aromatic rings. The molecule has 3 aromatic heterocycles. The van der Waals surface area contributed by atoms with Gasteiger partial charge in [0.05, 0.1) is 23.5 Å². The maximum Gasteiger partial charge on any atom is 0.277 e. The largest absolute Gasteiger partial charge is 0.447 e. The summed E-state index contributed by atoms with van der Waals surface area (Å²) < 4.78 is 40.6. The highest BCUT2D eigenvalue weighted by atomic mass is 19.1. The van der Waals surface area contributed by atoms with Crippen LogP contribution in [-0.2, 0) is 4.74 Å². The molecule has 1 fully saturated rings. The van der Waals surface area contributed by atoms with Gasteiger partial charge in [0.1, 0.15) is 23.7 Å². The van der Waals surface area contributed by atoms with Gasteiger partial charge in [0.2, 0.25) is 11.8 Å². The molecular formula is C23H23F2N7O3. The van der Waals surface area contributed by atoms with Crippen molar-refractivity contribution in [2.45, 2.75) is 50.7 Å². The number of pyridine rings is 1. The molecule has 0 bridgehead atoms. The van der Waals surface area contributed by atoms with Gasteiger partial charge in [-0.1, -0.05) is 0 Å². The summed E-state index contributed by atoms with van der Waals surface area (Å²) in [5.74, 6) is -2.41. The average molecular weight is 483 g/mol. The number of anilines is 1. The number of ether oxygens (including phenoxy) is 1. The Morgan fingerprint density at radius 3 is 2.66 bits per heavy atom. The van der Waals surface area contributed by atoms with Gasteiger partial charge in [-0.15, -0.1) is 0 Å². The molecule has 1 amide bonds. The lowest BCUT2D eigenvalue weighted by Gasteiger charge is -2.28. The van der Waals surface area contributed by atoms with Crippen LogP contribution in [0.4, 0.5) is 14.5 Å². The van der Waals surface area contributed by atoms with Crippen molar-refractivity contribution in [2.24, 2.45) is 10.2 Å². The van der Waals surface area contributed by atoms with E-state index < -0.39 is 17.7 Å². The minimum atomic E-state index is -0.981. The number of hydrogen-bond acceptors (Lipinski definition) is 8. The fourth-order valence-corrected chi connectivity index (χ4v) is 4.28. The highest BCUT2D eigenvalue weighted by Gasteiger charge is 2.26. The van der Waals surface area contributed by atoms with Gasteiger partial charge in [-0.25, -0.2) is 14.4 Å². The Bertz CT molecular complexity index is 1250. The molecule has 0 aromatic carbocycles. The van der Waals surface area contributed by atoms with Crippen molar-refractivity contribution in [1.82, 2.24) is 19.7 Å². The zero-order valence-electron chi connectivity index (χ0n) is 18.9. The van der Waals surface area contributed by atoms with Crippen molar-refractivity contribution >= 4 is 24.0 Å². The molecular weight excluding hydrogens is 460 g/mol. The van der Waals surface area contributed by atoms with Gasteiger partial charge in [0.25, 0.3) is 5.91 Å². The van der Waals surface area contributed by atoms with Crippen LogP contribution >= 0.6 is 0 Å². The van der Waals surface area contributed by atoms with E-state index in [0.717, 1.165) is 31.7 Å². The third-order valence-corrected chi connectivity index (χ3v) is 5.96. The van der Waals surface area contributed by atoms with E-state index in [9.17, 15) is 13.6 Å². The smallest absolute Gasteiger partial charge is 0.277 e. The number of nitrogens with zero attached hydrogens (tertiary/aromatic N) is 6. The van der Waals surface area contributed by atoms with Gasteiger partial charge in [-0.05, 0) is 32.6 Å². The SMILES string of the molecule is CCOC1CCC(n2cc(NC(=O)c3coc(C4C=NN=C4)n3)c(-c3cc(F)cc(F)n3)n2)CC1. The summed E-state index contributed by atoms with van der Waals surface area (Å²) in [5, 5.41) is 14.8. The molecule has 4 heterocycles. The number of nitrogens with one attached hydrogen (secondary N) is 1. The third kappa shape index (κ3) is 5.02. The lowest BCUT2D eigenvalue weighted by Crippen LogP contribution is -2.24. The number of halogens is 2. The number of oxazole rings is 1. The van der Waals surface area contributed by atoms with E-state index >= 15 is 0 Å². The Labute approximate surface area is 199 Å². The zero-order chi connectivity index (χ0) is 24.4. The number of aromatic nitrogens is 4. The molecule has 10 nitrogen and oxygen atoms in total. The van der Waals surface area contributed by atoms with Crippen molar-refractivity contribution in [1.29, 1.82) is 0 Å². The molecule has 35 heavy (non-hydrogen) atoms. The first-order chi connectivity index (χ1) is 17.0. The fourth-order valence-electron chi connectivity index (χ4n) is 4.28. The van der Waals surface area contributed by atoms with Crippen LogP contribution in [0.2, 0.25) is 0 Å². The van der Waals surface area contributed by atoms with E-state index in [0.29, 0.717) is 12.7 Å². The number of carbonyl (C=O) groups is 1. The van der Waals surface area contributed by atoms with Crippen LogP contribution in [0.15, 0.2) is 39.2 Å². The maximum atomic E-state index is 13.9. The first-order valence-corrected chi connectivity index (χ1v) is 11.4. The monoisotopic (exact) mass is 483 g/mol. The minimum absolute atomic E-state index is 0.0289. The van der Waals surface area contributed by atoms with E-state index in [1.165, 1.54) is 6.26 Å². The first kappa shape index (κ1) is 23.0. The summed E-state index contributed by atoms with van der Waals surface area (Å²) in [6, 6.07) is 1.80. The van der Waals surface area contributed by atoms with E-state index in [1.54, 1.807) is 23.3 Å². The Balaban J connectivity index is 1.41. The normalized spacial score (nSPS) is 20.0. The van der Waals surface area contributed by atoms with Crippen molar-refractivity contribution in [3.8, 4) is 11.4 Å². The lowest BCUT2D eigenvalue weighted by atomic mass is 9.93. The molecule has 0 unspecified atom stereocenters. The first-order valence-electron chi connectivity index (χ1n) is 11.4. The van der Waals surface area contributed by atoms with Crippen LogP contribution in [0.5, 0.6) is 0 Å². The molecule has 0 spiro atoms. The fraction of sp³-hybridized carbons (Fsp3) is 0.391. The van der Waals surface area contributed by atoms with Crippen LogP contribution < -0.4 is 5.32 Å². The van der Waals surface area contributed by atoms with Gasteiger partial charge in [-0.3, -0.25) is 9.48 Å². The number of amides is 1. The quantitative estimate of drug-likeness (QED) is 0.505. The molecule has 0 saturated heterocycles. The third-order valence-electron chi connectivity index (χ3n) is 5.96. The highest BCUT2D eigenvalue weighted by Crippen LogP contribution is 2.34. The molecule has 12 heteroatoms. The molecule has 1 saturated carbocycles. The number of rotatable bonds is 7. The van der Waals surface area contributed by atoms with Crippen LogP contribution in [0.3, 0.4) is 0 Å². The summed E-state index contributed by atoms with van der Waals surface area (Å²) in [4.78, 5) is 20.9. The van der Waals surface area contributed by atoms with Crippen LogP contribution in [0.25, 0.3) is 11.4 Å². The molecule has 1 N–H and O–H groups in total. The standard InChI is InChI=1S/C23H23F2N7O3/c1-2-34-16-5-3-15(4-6-16)32-11-18(21(31-32)17-7-14(24)8-20(25)28-17)29-22(33)19-12-35-23(30-19)13-9-26-27-10-13/h7-13,15-16H,2-6H2,1H3,(H,29,33).